The van der Waals surface area contributed by atoms with Crippen molar-refractivity contribution in [2.75, 3.05) is 24.5 Å². The van der Waals surface area contributed by atoms with Crippen LogP contribution >= 0.6 is 0 Å². The van der Waals surface area contributed by atoms with Crippen molar-refractivity contribution in [1.29, 1.82) is 0 Å². The lowest BCUT2D eigenvalue weighted by molar-refractivity contribution is -0.140. The van der Waals surface area contributed by atoms with Gasteiger partial charge in [0.25, 0.3) is 10.0 Å². The van der Waals surface area contributed by atoms with Crippen molar-refractivity contribution in [3.05, 3.63) is 126 Å². The summed E-state index contributed by atoms with van der Waals surface area (Å²) in [4.78, 5) is 29.5. The van der Waals surface area contributed by atoms with Crippen molar-refractivity contribution in [1.82, 2.24) is 10.2 Å². The minimum absolute atomic E-state index is 0.0669. The molecule has 8 nitrogen and oxygen atoms in total. The Morgan fingerprint density at radius 1 is 0.889 bits per heavy atom. The third-order valence-electron chi connectivity index (χ3n) is 7.30. The SMILES string of the molecule is CCCNC(=O)[C@H](Cc1ccccc1)N(Cc1cccc(C)c1)C(=O)CN(c1ccc(F)cc1)S(=O)(=O)c1ccc(OC)cc1. The molecule has 0 saturated carbocycles. The van der Waals surface area contributed by atoms with Crippen LogP contribution < -0.4 is 14.4 Å². The first-order valence-electron chi connectivity index (χ1n) is 14.7. The predicted molar refractivity (Wildman–Crippen MR) is 173 cm³/mol. The number of hydrogen-bond acceptors (Lipinski definition) is 5. The Hall–Kier alpha value is -4.70. The number of nitrogens with one attached hydrogen (secondary N) is 1. The van der Waals surface area contributed by atoms with Gasteiger partial charge in [0.15, 0.2) is 0 Å². The molecule has 1 atom stereocenters. The molecule has 10 heteroatoms. The smallest absolute Gasteiger partial charge is 0.264 e. The summed E-state index contributed by atoms with van der Waals surface area (Å²) in [5.41, 5.74) is 2.71. The van der Waals surface area contributed by atoms with Gasteiger partial charge in [0.1, 0.15) is 24.2 Å². The second kappa shape index (κ2) is 15.3. The van der Waals surface area contributed by atoms with Crippen LogP contribution in [-0.2, 0) is 32.6 Å². The average molecular weight is 632 g/mol. The Kier molecular flexibility index (Phi) is 11.3. The fourth-order valence-electron chi connectivity index (χ4n) is 4.94. The van der Waals surface area contributed by atoms with E-state index in [0.29, 0.717) is 18.7 Å². The average Bonchev–Trinajstić information content (AvgIpc) is 3.05. The molecular weight excluding hydrogens is 593 g/mol. The van der Waals surface area contributed by atoms with Crippen LogP contribution in [-0.4, -0.2) is 51.4 Å². The number of amides is 2. The van der Waals surface area contributed by atoms with Crippen molar-refractivity contribution in [2.24, 2.45) is 0 Å². The fourth-order valence-corrected chi connectivity index (χ4v) is 6.35. The van der Waals surface area contributed by atoms with E-state index < -0.39 is 34.3 Å². The van der Waals surface area contributed by atoms with E-state index in [-0.39, 0.29) is 29.5 Å². The zero-order chi connectivity index (χ0) is 32.4. The number of benzene rings is 4. The highest BCUT2D eigenvalue weighted by molar-refractivity contribution is 7.92. The summed E-state index contributed by atoms with van der Waals surface area (Å²) >= 11 is 0. The molecular formula is C35H38FN3O5S. The molecule has 0 spiro atoms. The highest BCUT2D eigenvalue weighted by Crippen LogP contribution is 2.26. The summed E-state index contributed by atoms with van der Waals surface area (Å²) in [7, 11) is -2.84. The van der Waals surface area contributed by atoms with E-state index in [2.05, 4.69) is 5.32 Å². The number of carbonyl (C=O) groups is 2. The van der Waals surface area contributed by atoms with E-state index >= 15 is 0 Å². The van der Waals surface area contributed by atoms with Gasteiger partial charge in [0.2, 0.25) is 11.8 Å². The van der Waals surface area contributed by atoms with Gasteiger partial charge in [-0.25, -0.2) is 12.8 Å². The van der Waals surface area contributed by atoms with Crippen molar-refractivity contribution in [3.8, 4) is 5.75 Å². The number of sulfonamides is 1. The molecule has 0 aromatic heterocycles. The lowest BCUT2D eigenvalue weighted by Crippen LogP contribution is -2.53. The van der Waals surface area contributed by atoms with Crippen molar-refractivity contribution in [2.45, 2.75) is 44.2 Å². The highest BCUT2D eigenvalue weighted by atomic mass is 32.2. The zero-order valence-electron chi connectivity index (χ0n) is 25.6. The number of aryl methyl sites for hydroxylation is 1. The molecule has 1 N–H and O–H groups in total. The number of rotatable bonds is 14. The molecule has 236 valence electrons. The normalized spacial score (nSPS) is 11.8. The molecule has 0 bridgehead atoms. The molecule has 0 radical (unpaired) electrons. The topological polar surface area (TPSA) is 96.0 Å². The van der Waals surface area contributed by atoms with E-state index in [4.69, 9.17) is 4.74 Å². The zero-order valence-corrected chi connectivity index (χ0v) is 26.5. The lowest BCUT2D eigenvalue weighted by atomic mass is 10.0. The molecule has 0 saturated heterocycles. The number of halogens is 1. The first kappa shape index (κ1) is 33.2. The quantitative estimate of drug-likeness (QED) is 0.198. The highest BCUT2D eigenvalue weighted by Gasteiger charge is 2.34. The molecule has 0 fully saturated rings. The Balaban J connectivity index is 1.79. The first-order valence-corrected chi connectivity index (χ1v) is 16.2. The second-order valence-corrected chi connectivity index (χ2v) is 12.5. The van der Waals surface area contributed by atoms with Gasteiger partial charge in [-0.3, -0.25) is 13.9 Å². The summed E-state index contributed by atoms with van der Waals surface area (Å²) in [6, 6.07) is 26.7. The van der Waals surface area contributed by atoms with Crippen LogP contribution in [0.3, 0.4) is 0 Å². The Morgan fingerprint density at radius 3 is 2.18 bits per heavy atom. The molecule has 45 heavy (non-hydrogen) atoms. The van der Waals surface area contributed by atoms with Gasteiger partial charge >= 0.3 is 0 Å². The predicted octanol–water partition coefficient (Wildman–Crippen LogP) is 5.50. The lowest BCUT2D eigenvalue weighted by Gasteiger charge is -2.34. The molecule has 0 aliphatic heterocycles. The van der Waals surface area contributed by atoms with E-state index in [1.165, 1.54) is 48.4 Å². The Bertz CT molecular complexity index is 1680. The van der Waals surface area contributed by atoms with Crippen LogP contribution in [0.15, 0.2) is 108 Å². The van der Waals surface area contributed by atoms with Gasteiger partial charge < -0.3 is 15.0 Å². The van der Waals surface area contributed by atoms with Gasteiger partial charge in [-0.1, -0.05) is 67.1 Å². The van der Waals surface area contributed by atoms with Gasteiger partial charge in [-0.2, -0.15) is 0 Å². The number of carbonyl (C=O) groups excluding carboxylic acids is 2. The van der Waals surface area contributed by atoms with E-state index in [1.807, 2.05) is 68.4 Å². The van der Waals surface area contributed by atoms with Gasteiger partial charge in [-0.15, -0.1) is 0 Å². The third-order valence-corrected chi connectivity index (χ3v) is 9.08. The van der Waals surface area contributed by atoms with Crippen LogP contribution in [0.1, 0.15) is 30.0 Å². The summed E-state index contributed by atoms with van der Waals surface area (Å²) in [6.45, 7) is 3.73. The summed E-state index contributed by atoms with van der Waals surface area (Å²) in [5.74, 6) is -1.02. The molecule has 0 heterocycles. The largest absolute Gasteiger partial charge is 0.497 e. The molecule has 2 amide bonds. The van der Waals surface area contributed by atoms with E-state index in [0.717, 1.165) is 33.1 Å². The van der Waals surface area contributed by atoms with Gasteiger partial charge in [0.05, 0.1) is 17.7 Å². The number of methoxy groups -OCH3 is 1. The standard InChI is InChI=1S/C35H38FN3O5S/c1-4-21-37-35(41)33(23-27-10-6-5-7-11-27)38(24-28-12-8-9-26(2)22-28)34(40)25-39(30-15-13-29(36)14-16-30)45(42,43)32-19-17-31(44-3)18-20-32/h5-20,22,33H,4,21,23-25H2,1-3H3,(H,37,41)/t33-/m0/s1. The van der Waals surface area contributed by atoms with E-state index in [1.54, 1.807) is 0 Å². The number of anilines is 1. The molecule has 0 aliphatic carbocycles. The minimum atomic E-state index is -4.31. The van der Waals surface area contributed by atoms with Crippen LogP contribution in [0.4, 0.5) is 10.1 Å². The Morgan fingerprint density at radius 2 is 1.56 bits per heavy atom. The summed E-state index contributed by atoms with van der Waals surface area (Å²) in [5, 5.41) is 2.93. The third kappa shape index (κ3) is 8.69. The minimum Gasteiger partial charge on any atom is -0.497 e. The van der Waals surface area contributed by atoms with Crippen LogP contribution in [0.5, 0.6) is 5.75 Å². The second-order valence-electron chi connectivity index (χ2n) is 10.7. The summed E-state index contributed by atoms with van der Waals surface area (Å²) < 4.78 is 48.2. The summed E-state index contributed by atoms with van der Waals surface area (Å²) in [6.07, 6.45) is 0.920. The number of nitrogens with zero attached hydrogens (tertiary/aromatic N) is 2. The first-order chi connectivity index (χ1) is 21.6. The monoisotopic (exact) mass is 631 g/mol. The van der Waals surface area contributed by atoms with Gasteiger partial charge in [-0.05, 0) is 73.0 Å². The van der Waals surface area contributed by atoms with E-state index in [9.17, 15) is 22.4 Å². The fraction of sp³-hybridized carbons (Fsp3) is 0.257. The Labute approximate surface area is 264 Å². The molecule has 4 aromatic carbocycles. The maximum atomic E-state index is 14.4. The van der Waals surface area contributed by atoms with Gasteiger partial charge in [0, 0.05) is 19.5 Å². The maximum Gasteiger partial charge on any atom is 0.264 e. The molecule has 4 rings (SSSR count). The molecule has 0 unspecified atom stereocenters. The maximum absolute atomic E-state index is 14.4. The van der Waals surface area contributed by atoms with Crippen molar-refractivity contribution in [3.63, 3.8) is 0 Å². The van der Waals surface area contributed by atoms with Crippen LogP contribution in [0.2, 0.25) is 0 Å². The number of ether oxygens (including phenoxy) is 1. The van der Waals surface area contributed by atoms with Crippen LogP contribution in [0.25, 0.3) is 0 Å². The number of hydrogen-bond donors (Lipinski definition) is 1. The van der Waals surface area contributed by atoms with Crippen molar-refractivity contribution >= 4 is 27.5 Å². The molecule has 0 aliphatic rings. The van der Waals surface area contributed by atoms with Crippen LogP contribution in [0, 0.1) is 12.7 Å². The molecule has 4 aromatic rings. The van der Waals surface area contributed by atoms with Crippen molar-refractivity contribution < 1.29 is 27.1 Å².